The molecule has 14 nitrogen and oxygen atoms in total. The van der Waals surface area contributed by atoms with Crippen molar-refractivity contribution in [2.24, 2.45) is 0 Å². The number of carbonyl (C=O) groups excluding carboxylic acids is 4. The molecular weight excluding hydrogens is 933 g/mol. The maximum atomic E-state index is 13.3. The van der Waals surface area contributed by atoms with E-state index in [-0.39, 0.29) is 90.3 Å². The number of esters is 3. The Morgan fingerprint density at radius 3 is 1.26 bits per heavy atom. The van der Waals surface area contributed by atoms with Gasteiger partial charge in [-0.3, -0.25) is 0 Å². The highest BCUT2D eigenvalue weighted by atomic mass is 79.9. The minimum absolute atomic E-state index is 0. The number of nitrogens with zero attached hydrogens (tertiary/aromatic N) is 2. The molecule has 6 saturated heterocycles. The third kappa shape index (κ3) is 7.64. The Kier molecular flexibility index (Phi) is 12.3. The summed E-state index contributed by atoms with van der Waals surface area (Å²) < 4.78 is 29.5. The van der Waals surface area contributed by atoms with Crippen molar-refractivity contribution in [3.8, 4) is 0 Å². The average Bonchev–Trinajstić information content (AvgIpc) is 3.65. The van der Waals surface area contributed by atoms with E-state index in [0.29, 0.717) is 67.3 Å². The Morgan fingerprint density at radius 2 is 0.984 bits per heavy atom. The standard InChI is InChI=1S/C22H26NO6S2.C20H21NO6S2.BrH/c1-3-27-18(24)12-23(2)14-10-13(11-15(23)20-19(14)29-20)28-21(25)22(26,16-6-4-8-30-16)17-7-5-9-31-17;1-21(10-16(22)23)12-8-11(9-13(21)18-17(12)27-18)26-19(24)20(25,14-4-2-6-28-14)15-5-3-7-29-15;/h4-9,13-15,19-20,26H,3,10-12H2,1-2H3;2-7,11-13,17-18,25H,8-10H2,1H3;1H/q+1;;/p-1/t13?,14-,15+,19-,20+,23?;11?,12-,13+,17-,18+,21?;. The molecule has 0 amide bonds. The molecule has 12 atom stereocenters. The number of fused-ring (bicyclic) bond motifs is 10. The largest absolute Gasteiger partial charge is 1.00 e. The fourth-order valence-electron chi connectivity index (χ4n) is 10.6. The number of hydrogen-bond donors (Lipinski definition) is 2. The van der Waals surface area contributed by atoms with Gasteiger partial charge in [-0.15, -0.1) is 45.3 Å². The molecule has 0 spiro atoms. The number of likely N-dealkylation sites (N-methyl/N-ethyl adjacent to an activating group) is 2. The normalized spacial score (nSPS) is 33.8. The van der Waals surface area contributed by atoms with Crippen molar-refractivity contribution < 1.29 is 84.1 Å². The molecule has 6 fully saturated rings. The molecule has 61 heavy (non-hydrogen) atoms. The van der Waals surface area contributed by atoms with E-state index in [2.05, 4.69) is 7.05 Å². The molecule has 4 unspecified atom stereocenters. The van der Waals surface area contributed by atoms with E-state index in [1.807, 2.05) is 40.7 Å². The van der Waals surface area contributed by atoms with E-state index < -0.39 is 29.1 Å². The molecule has 4 aromatic rings. The van der Waals surface area contributed by atoms with Crippen molar-refractivity contribution in [3.05, 3.63) is 89.6 Å². The van der Waals surface area contributed by atoms with E-state index >= 15 is 0 Å². The van der Waals surface area contributed by atoms with E-state index in [0.717, 1.165) is 0 Å². The predicted molar refractivity (Wildman–Crippen MR) is 218 cm³/mol. The van der Waals surface area contributed by atoms with Crippen LogP contribution >= 0.6 is 45.3 Å². The zero-order valence-electron chi connectivity index (χ0n) is 33.5. The first-order chi connectivity index (χ1) is 28.7. The first kappa shape index (κ1) is 44.5. The summed E-state index contributed by atoms with van der Waals surface area (Å²) in [4.78, 5) is 52.1. The second kappa shape index (κ2) is 16.8. The van der Waals surface area contributed by atoms with Gasteiger partial charge in [0.1, 0.15) is 67.3 Å². The molecule has 0 radical (unpaired) electrons. The summed E-state index contributed by atoms with van der Waals surface area (Å²) >= 11 is 5.28. The maximum Gasteiger partial charge on any atom is 0.361 e. The first-order valence-electron chi connectivity index (χ1n) is 20.1. The van der Waals surface area contributed by atoms with E-state index in [1.54, 1.807) is 43.3 Å². The van der Waals surface area contributed by atoms with Crippen LogP contribution < -0.4 is 22.1 Å². The SMILES string of the molecule is CCOC(=O)C[N+]1(C)[C@@H]2CC(OC(=O)C(O)(c3cccs3)c3cccs3)C[C@H]1[C@@H]1O[C@@H]12.C[N+]1(CC(=O)[O-])[C@@H]2CC(OC(=O)C(O)(c3cccs3)c3cccs3)C[C@H]1[C@@H]1O[C@@H]12.[Br-]. The van der Waals surface area contributed by atoms with Crippen molar-refractivity contribution in [2.45, 2.75) is 105 Å². The number of piperidine rings is 2. The lowest BCUT2D eigenvalue weighted by Gasteiger charge is -2.48. The number of halogens is 1. The van der Waals surface area contributed by atoms with Crippen LogP contribution in [0.25, 0.3) is 0 Å². The number of quaternary nitrogens is 2. The average molecular weight is 980 g/mol. The Morgan fingerprint density at radius 1 is 0.656 bits per heavy atom. The van der Waals surface area contributed by atoms with Gasteiger partial charge < -0.3 is 69.7 Å². The number of carboxylic acid groups (broad SMARTS) is 1. The fraction of sp³-hybridized carbons (Fsp3) is 0.524. The van der Waals surface area contributed by atoms with Gasteiger partial charge in [0.05, 0.1) is 46.2 Å². The van der Waals surface area contributed by atoms with Gasteiger partial charge >= 0.3 is 17.9 Å². The number of aliphatic hydroxyl groups is 2. The summed E-state index contributed by atoms with van der Waals surface area (Å²) in [5.41, 5.74) is -3.64. The molecule has 0 aliphatic carbocycles. The van der Waals surface area contributed by atoms with Gasteiger partial charge in [0, 0.05) is 25.7 Å². The quantitative estimate of drug-likeness (QED) is 0.0777. The molecular formula is C42H47BrN2O12S4. The molecule has 6 aliphatic heterocycles. The fourth-order valence-corrected chi connectivity index (χ4v) is 14.0. The van der Waals surface area contributed by atoms with E-state index in [1.165, 1.54) is 45.3 Å². The monoisotopic (exact) mass is 978 g/mol. The molecule has 19 heteroatoms. The Hall–Kier alpha value is -3.08. The molecule has 4 aromatic heterocycles. The molecule has 328 valence electrons. The second-order valence-corrected chi connectivity index (χ2v) is 20.7. The van der Waals surface area contributed by atoms with Crippen molar-refractivity contribution in [1.82, 2.24) is 0 Å². The van der Waals surface area contributed by atoms with Gasteiger partial charge in [0.15, 0.2) is 6.54 Å². The number of morpholine rings is 2. The molecule has 10 rings (SSSR count). The van der Waals surface area contributed by atoms with Crippen LogP contribution in [-0.2, 0) is 54.1 Å². The van der Waals surface area contributed by atoms with Crippen LogP contribution in [0.4, 0.5) is 0 Å². The molecule has 0 saturated carbocycles. The number of epoxide rings is 2. The van der Waals surface area contributed by atoms with Gasteiger partial charge in [-0.2, -0.15) is 0 Å². The van der Waals surface area contributed by atoms with Crippen molar-refractivity contribution >= 4 is 69.2 Å². The number of carboxylic acids is 1. The van der Waals surface area contributed by atoms with E-state index in [9.17, 15) is 34.5 Å². The smallest absolute Gasteiger partial charge is 0.361 e. The predicted octanol–water partition coefficient (Wildman–Crippen LogP) is -0.251. The Balaban J connectivity index is 0.000000166. The number of thiophene rings is 4. The van der Waals surface area contributed by atoms with Crippen LogP contribution in [0.2, 0.25) is 0 Å². The molecule has 2 N–H and O–H groups in total. The Bertz CT molecular complexity index is 2100. The van der Waals surface area contributed by atoms with Crippen molar-refractivity contribution in [2.75, 3.05) is 33.8 Å². The number of carbonyl (C=O) groups is 4. The number of aliphatic carboxylic acids is 1. The summed E-state index contributed by atoms with van der Waals surface area (Å²) in [6.45, 7) is 2.40. The Labute approximate surface area is 379 Å². The first-order valence-corrected chi connectivity index (χ1v) is 23.6. The molecule has 4 bridgehead atoms. The summed E-state index contributed by atoms with van der Waals surface area (Å²) in [6.07, 6.45) is 1.75. The highest BCUT2D eigenvalue weighted by Gasteiger charge is 2.73. The third-order valence-electron chi connectivity index (χ3n) is 13.6. The maximum absolute atomic E-state index is 13.3. The zero-order valence-corrected chi connectivity index (χ0v) is 38.4. The summed E-state index contributed by atoms with van der Waals surface area (Å²) in [7, 11) is 4.00. The van der Waals surface area contributed by atoms with Crippen LogP contribution in [0, 0.1) is 0 Å². The number of ether oxygens (including phenoxy) is 5. The van der Waals surface area contributed by atoms with Gasteiger partial charge in [0.2, 0.25) is 11.2 Å². The number of rotatable bonds is 13. The van der Waals surface area contributed by atoms with Crippen molar-refractivity contribution in [3.63, 3.8) is 0 Å². The summed E-state index contributed by atoms with van der Waals surface area (Å²) in [6, 6.07) is 14.2. The topological polar surface area (TPSA) is 185 Å². The van der Waals surface area contributed by atoms with Crippen LogP contribution in [-0.4, -0.2) is 138 Å². The second-order valence-electron chi connectivity index (χ2n) is 16.9. The van der Waals surface area contributed by atoms with Crippen LogP contribution in [0.3, 0.4) is 0 Å². The van der Waals surface area contributed by atoms with E-state index in [4.69, 9.17) is 23.7 Å². The van der Waals surface area contributed by atoms with Crippen molar-refractivity contribution in [1.29, 1.82) is 0 Å². The van der Waals surface area contributed by atoms with Gasteiger partial charge in [-0.1, -0.05) is 24.3 Å². The third-order valence-corrected chi connectivity index (χ3v) is 17.5. The molecule has 6 aliphatic rings. The lowest BCUT2D eigenvalue weighted by Crippen LogP contribution is -3.00. The van der Waals surface area contributed by atoms with Gasteiger partial charge in [-0.05, 0) is 52.7 Å². The molecule has 0 aromatic carbocycles. The van der Waals surface area contributed by atoms with Crippen LogP contribution in [0.15, 0.2) is 70.1 Å². The summed E-state index contributed by atoms with van der Waals surface area (Å²) in [5, 5.41) is 41.5. The number of hydrogen-bond acceptors (Lipinski definition) is 16. The zero-order chi connectivity index (χ0) is 42.2. The summed E-state index contributed by atoms with van der Waals surface area (Å²) in [5.74, 6) is -2.61. The minimum atomic E-state index is -1.83. The molecule has 10 heterocycles. The lowest BCUT2D eigenvalue weighted by atomic mass is 9.94. The highest BCUT2D eigenvalue weighted by Crippen LogP contribution is 2.54. The minimum Gasteiger partial charge on any atom is -1.00 e. The lowest BCUT2D eigenvalue weighted by molar-refractivity contribution is -0.950. The van der Waals surface area contributed by atoms with Crippen LogP contribution in [0.1, 0.15) is 52.1 Å². The van der Waals surface area contributed by atoms with Gasteiger partial charge in [-0.25, -0.2) is 14.4 Å². The van der Waals surface area contributed by atoms with Crippen LogP contribution in [0.5, 0.6) is 0 Å². The highest BCUT2D eigenvalue weighted by molar-refractivity contribution is 7.12. The van der Waals surface area contributed by atoms with Gasteiger partial charge in [0.25, 0.3) is 0 Å².